The predicted octanol–water partition coefficient (Wildman–Crippen LogP) is 1.47. The summed E-state index contributed by atoms with van der Waals surface area (Å²) in [5, 5.41) is 32.2. The van der Waals surface area contributed by atoms with Gasteiger partial charge in [-0.3, -0.25) is 9.59 Å². The summed E-state index contributed by atoms with van der Waals surface area (Å²) in [6.45, 7) is 9.98. The number of carbonyl (C=O) groups excluding carboxylic acids is 2. The van der Waals surface area contributed by atoms with E-state index in [2.05, 4.69) is 20.9 Å². The Morgan fingerprint density at radius 2 is 1.12 bits per heavy atom. The first kappa shape index (κ1) is 22.5. The number of hydrogen-bond donors (Lipinski definition) is 4. The lowest BCUT2D eigenvalue weighted by Gasteiger charge is -2.24. The smallest absolute Gasteiger partial charge is 0.251 e. The van der Waals surface area contributed by atoms with Crippen molar-refractivity contribution in [2.75, 3.05) is 0 Å². The molecule has 0 spiro atoms. The molecular formula is C16H32N4O4. The van der Waals surface area contributed by atoms with Crippen molar-refractivity contribution in [2.24, 2.45) is 10.2 Å². The summed E-state index contributed by atoms with van der Waals surface area (Å²) in [6, 6.07) is 0. The molecule has 0 saturated carbocycles. The third kappa shape index (κ3) is 7.83. The van der Waals surface area contributed by atoms with Gasteiger partial charge in [0.05, 0.1) is 0 Å². The number of nitrogens with zero attached hydrogens (tertiary/aromatic N) is 2. The van der Waals surface area contributed by atoms with Gasteiger partial charge in [-0.1, -0.05) is 26.7 Å². The van der Waals surface area contributed by atoms with Crippen molar-refractivity contribution >= 4 is 11.8 Å². The molecule has 0 bridgehead atoms. The molecule has 24 heavy (non-hydrogen) atoms. The SMILES string of the molecule is CCCC(O)NC(=O)C(C)(C)N=NC(C)(C)C(=O)NC(O)CCC. The van der Waals surface area contributed by atoms with E-state index in [9.17, 15) is 19.8 Å². The monoisotopic (exact) mass is 344 g/mol. The minimum atomic E-state index is -1.23. The quantitative estimate of drug-likeness (QED) is 0.354. The lowest BCUT2D eigenvalue weighted by molar-refractivity contribution is -0.130. The number of carbonyl (C=O) groups is 2. The first-order chi connectivity index (χ1) is 11.0. The highest BCUT2D eigenvalue weighted by molar-refractivity contribution is 5.86. The number of hydrogen-bond acceptors (Lipinski definition) is 6. The first-order valence-corrected chi connectivity index (χ1v) is 8.38. The first-order valence-electron chi connectivity index (χ1n) is 8.38. The fourth-order valence-electron chi connectivity index (χ4n) is 1.69. The largest absolute Gasteiger partial charge is 0.374 e. The molecule has 0 aliphatic carbocycles. The Bertz CT molecular complexity index is 409. The van der Waals surface area contributed by atoms with Crippen molar-refractivity contribution in [2.45, 2.75) is 90.8 Å². The van der Waals surface area contributed by atoms with Crippen LogP contribution >= 0.6 is 0 Å². The van der Waals surface area contributed by atoms with E-state index in [-0.39, 0.29) is 0 Å². The van der Waals surface area contributed by atoms with Crippen LogP contribution in [0.3, 0.4) is 0 Å². The van der Waals surface area contributed by atoms with Crippen LogP contribution in [0.1, 0.15) is 67.2 Å². The molecule has 0 fully saturated rings. The van der Waals surface area contributed by atoms with Crippen molar-refractivity contribution in [3.05, 3.63) is 0 Å². The minimum absolute atomic E-state index is 0.447. The Morgan fingerprint density at radius 3 is 1.38 bits per heavy atom. The number of amides is 2. The number of nitrogens with one attached hydrogen (secondary N) is 2. The van der Waals surface area contributed by atoms with Gasteiger partial charge in [0.15, 0.2) is 11.1 Å². The lowest BCUT2D eigenvalue weighted by Crippen LogP contribution is -2.47. The summed E-state index contributed by atoms with van der Waals surface area (Å²) in [5.41, 5.74) is -2.46. The maximum absolute atomic E-state index is 12.1. The van der Waals surface area contributed by atoms with E-state index in [0.717, 1.165) is 12.8 Å². The van der Waals surface area contributed by atoms with Gasteiger partial charge in [0, 0.05) is 0 Å². The van der Waals surface area contributed by atoms with Crippen LogP contribution in [0.15, 0.2) is 10.2 Å². The van der Waals surface area contributed by atoms with Gasteiger partial charge in [0.2, 0.25) is 0 Å². The van der Waals surface area contributed by atoms with Gasteiger partial charge in [-0.05, 0) is 40.5 Å². The van der Waals surface area contributed by atoms with Gasteiger partial charge in [-0.15, -0.1) is 0 Å². The summed E-state index contributed by atoms with van der Waals surface area (Å²) in [7, 11) is 0. The number of aliphatic hydroxyl groups is 2. The normalized spacial score (nSPS) is 15.2. The molecule has 0 rings (SSSR count). The van der Waals surface area contributed by atoms with Gasteiger partial charge < -0.3 is 20.8 Å². The predicted molar refractivity (Wildman–Crippen MR) is 91.1 cm³/mol. The second-order valence-electron chi connectivity index (χ2n) is 6.87. The zero-order chi connectivity index (χ0) is 19.0. The molecule has 4 N–H and O–H groups in total. The van der Waals surface area contributed by atoms with Crippen LogP contribution in [0, 0.1) is 0 Å². The number of azo groups is 1. The van der Waals surface area contributed by atoms with E-state index in [1.807, 2.05) is 13.8 Å². The van der Waals surface area contributed by atoms with Crippen molar-refractivity contribution in [3.63, 3.8) is 0 Å². The molecule has 0 radical (unpaired) electrons. The number of rotatable bonds is 10. The average molecular weight is 344 g/mol. The van der Waals surface area contributed by atoms with E-state index >= 15 is 0 Å². The second kappa shape index (κ2) is 9.68. The molecule has 140 valence electrons. The van der Waals surface area contributed by atoms with E-state index in [0.29, 0.717) is 12.8 Å². The zero-order valence-corrected chi connectivity index (χ0v) is 15.6. The molecule has 0 aliphatic heterocycles. The molecule has 2 unspecified atom stereocenters. The van der Waals surface area contributed by atoms with Gasteiger partial charge in [-0.25, -0.2) is 0 Å². The third-order valence-corrected chi connectivity index (χ3v) is 3.38. The van der Waals surface area contributed by atoms with E-state index in [4.69, 9.17) is 0 Å². The van der Waals surface area contributed by atoms with Crippen molar-refractivity contribution in [1.29, 1.82) is 0 Å². The van der Waals surface area contributed by atoms with Crippen molar-refractivity contribution in [3.8, 4) is 0 Å². The average Bonchev–Trinajstić information content (AvgIpc) is 2.45. The molecule has 8 heteroatoms. The Labute approximate surface area is 144 Å². The van der Waals surface area contributed by atoms with Crippen LogP contribution in [0.5, 0.6) is 0 Å². The topological polar surface area (TPSA) is 123 Å². The lowest BCUT2D eigenvalue weighted by atomic mass is 10.0. The molecule has 8 nitrogen and oxygen atoms in total. The van der Waals surface area contributed by atoms with Crippen LogP contribution in [-0.2, 0) is 9.59 Å². The molecule has 0 aromatic carbocycles. The molecule has 0 aromatic heterocycles. The fourth-order valence-corrected chi connectivity index (χ4v) is 1.69. The van der Waals surface area contributed by atoms with Gasteiger partial charge >= 0.3 is 0 Å². The summed E-state index contributed by atoms with van der Waals surface area (Å²) in [6.07, 6.45) is 0.493. The van der Waals surface area contributed by atoms with Crippen LogP contribution in [0.25, 0.3) is 0 Å². The third-order valence-electron chi connectivity index (χ3n) is 3.38. The summed E-state index contributed by atoms with van der Waals surface area (Å²) in [4.78, 5) is 24.3. The Balaban J connectivity index is 4.86. The number of aliphatic hydroxyl groups excluding tert-OH is 2. The van der Waals surface area contributed by atoms with Crippen LogP contribution in [0.2, 0.25) is 0 Å². The molecule has 0 aliphatic rings. The van der Waals surface area contributed by atoms with Gasteiger partial charge in [0.1, 0.15) is 12.5 Å². The molecule has 2 atom stereocenters. The van der Waals surface area contributed by atoms with E-state index in [1.165, 1.54) is 0 Å². The highest BCUT2D eigenvalue weighted by Crippen LogP contribution is 2.17. The minimum Gasteiger partial charge on any atom is -0.374 e. The van der Waals surface area contributed by atoms with Gasteiger partial charge in [0.25, 0.3) is 11.8 Å². The summed E-state index contributed by atoms with van der Waals surface area (Å²) in [5.74, 6) is -0.955. The molecule has 0 aromatic rings. The molecular weight excluding hydrogens is 312 g/mol. The van der Waals surface area contributed by atoms with Gasteiger partial charge in [-0.2, -0.15) is 10.2 Å². The maximum Gasteiger partial charge on any atom is 0.251 e. The Morgan fingerprint density at radius 1 is 0.833 bits per heavy atom. The molecule has 2 amide bonds. The maximum atomic E-state index is 12.1. The van der Waals surface area contributed by atoms with Crippen LogP contribution in [-0.4, -0.2) is 45.6 Å². The van der Waals surface area contributed by atoms with Crippen LogP contribution in [0.4, 0.5) is 0 Å². The second-order valence-corrected chi connectivity index (χ2v) is 6.87. The highest BCUT2D eigenvalue weighted by atomic mass is 16.3. The Hall–Kier alpha value is -1.54. The Kier molecular flexibility index (Phi) is 9.06. The zero-order valence-electron chi connectivity index (χ0n) is 15.6. The van der Waals surface area contributed by atoms with E-state index < -0.39 is 35.3 Å². The highest BCUT2D eigenvalue weighted by Gasteiger charge is 2.33. The van der Waals surface area contributed by atoms with Crippen LogP contribution < -0.4 is 10.6 Å². The fraction of sp³-hybridized carbons (Fsp3) is 0.875. The van der Waals surface area contributed by atoms with Crippen molar-refractivity contribution in [1.82, 2.24) is 10.6 Å². The standard InChI is InChI=1S/C16H32N4O4/c1-7-9-11(21)17-13(23)15(3,4)19-20-16(5,6)14(24)18-12(22)10-8-2/h11-12,21-22H,7-10H2,1-6H3,(H,17,23)(H,18,24). The molecule has 0 saturated heterocycles. The summed E-state index contributed by atoms with van der Waals surface area (Å²) >= 11 is 0. The van der Waals surface area contributed by atoms with Crippen molar-refractivity contribution < 1.29 is 19.8 Å². The molecule has 0 heterocycles. The summed E-state index contributed by atoms with van der Waals surface area (Å²) < 4.78 is 0. The van der Waals surface area contributed by atoms with E-state index in [1.54, 1.807) is 27.7 Å².